The molecule has 1 aliphatic rings. The summed E-state index contributed by atoms with van der Waals surface area (Å²) in [7, 11) is 0. The number of anilines is 1. The molecule has 0 aliphatic carbocycles. The lowest BCUT2D eigenvalue weighted by Gasteiger charge is -2.21. The van der Waals surface area contributed by atoms with Crippen LogP contribution < -0.4 is 21.3 Å². The Morgan fingerprint density at radius 1 is 1.23 bits per heavy atom. The van der Waals surface area contributed by atoms with Crippen LogP contribution in [0.4, 0.5) is 23.2 Å². The van der Waals surface area contributed by atoms with Crippen molar-refractivity contribution in [2.24, 2.45) is 4.99 Å². The zero-order valence-corrected chi connectivity index (χ0v) is 21.2. The van der Waals surface area contributed by atoms with Crippen molar-refractivity contribution in [3.8, 4) is 0 Å². The zero-order chi connectivity index (χ0) is 29.0. The molecule has 6 N–H and O–H groups in total. The fourth-order valence-electron chi connectivity index (χ4n) is 3.97. The predicted octanol–water partition coefficient (Wildman–Crippen LogP) is 3.01. The summed E-state index contributed by atoms with van der Waals surface area (Å²) in [6, 6.07) is 4.50. The number of H-pyrrole nitrogens is 1. The molecule has 2 heterocycles. The maximum absolute atomic E-state index is 13.4. The molecule has 0 saturated carbocycles. The second kappa shape index (κ2) is 11.8. The second-order valence-corrected chi connectivity index (χ2v) is 9.13. The van der Waals surface area contributed by atoms with E-state index in [0.29, 0.717) is 22.5 Å². The fraction of sp³-hybridized carbons (Fsp3) is 0.292. The first-order chi connectivity index (χ1) is 18.9. The Morgan fingerprint density at radius 2 is 2.00 bits per heavy atom. The van der Waals surface area contributed by atoms with Gasteiger partial charge >= 0.3 is 12.1 Å². The molecule has 16 heteroatoms. The van der Waals surface area contributed by atoms with Crippen molar-refractivity contribution in [3.05, 3.63) is 58.2 Å². The number of nitrogens with one attached hydrogen (secondary N) is 5. The number of halogens is 5. The molecule has 3 aromatic rings. The topological polar surface area (TPSA) is 161 Å². The third-order valence-corrected chi connectivity index (χ3v) is 6.27. The van der Waals surface area contributed by atoms with E-state index in [0.717, 1.165) is 12.1 Å². The quantitative estimate of drug-likeness (QED) is 0.222. The van der Waals surface area contributed by atoms with Crippen LogP contribution in [-0.4, -0.2) is 64.9 Å². The number of nitrogens with zero attached hydrogens (tertiary/aromatic N) is 2. The van der Waals surface area contributed by atoms with Gasteiger partial charge in [0.1, 0.15) is 6.17 Å². The van der Waals surface area contributed by atoms with Crippen LogP contribution in [0.25, 0.3) is 10.9 Å². The molecule has 0 radical (unpaired) electrons. The van der Waals surface area contributed by atoms with Gasteiger partial charge in [-0.05, 0) is 23.8 Å². The number of benzene rings is 2. The predicted molar refractivity (Wildman–Crippen MR) is 137 cm³/mol. The Morgan fingerprint density at radius 3 is 2.67 bits per heavy atom. The van der Waals surface area contributed by atoms with E-state index in [1.807, 2.05) is 0 Å². The number of hydrogen-bond acceptors (Lipinski definition) is 7. The molecule has 0 saturated heterocycles. The molecule has 0 spiro atoms. The van der Waals surface area contributed by atoms with Crippen LogP contribution in [0.1, 0.15) is 33.9 Å². The normalized spacial score (nSPS) is 16.0. The number of aliphatic imine (C=N–C) groups is 1. The SMILES string of the molecule is O=C(O)CC(NC(=O)CNC(=O)c1cc(NC2=NCC(F)CN2)c2cn[nH]c2c1)c1cccc(C(F)(F)F)c1Cl. The molecule has 0 bridgehead atoms. The summed E-state index contributed by atoms with van der Waals surface area (Å²) in [5, 5.41) is 26.2. The standard InChI is InChI=1S/C24H22ClF4N7O4/c25-21-13(2-1-3-15(21)24(27,28)29)17(6-20(38)39)34-19(37)10-30-22(40)11-4-16(14-9-33-36-18(14)5-11)35-23-31-7-12(26)8-32-23/h1-5,9,12,17H,6-8,10H2,(H,30,40)(H,33,36)(H,34,37)(H,38,39)(H2,31,32,35). The van der Waals surface area contributed by atoms with Crippen molar-refractivity contribution in [1.82, 2.24) is 26.1 Å². The van der Waals surface area contributed by atoms with E-state index in [1.54, 1.807) is 0 Å². The molecule has 11 nitrogen and oxygen atoms in total. The van der Waals surface area contributed by atoms with Crippen molar-refractivity contribution in [1.29, 1.82) is 0 Å². The Labute approximate surface area is 228 Å². The fourth-order valence-corrected chi connectivity index (χ4v) is 4.34. The molecule has 0 fully saturated rings. The highest BCUT2D eigenvalue weighted by Gasteiger charge is 2.35. The van der Waals surface area contributed by atoms with Gasteiger partial charge in [-0.15, -0.1) is 0 Å². The first kappa shape index (κ1) is 28.6. The van der Waals surface area contributed by atoms with Gasteiger partial charge in [-0.1, -0.05) is 23.7 Å². The smallest absolute Gasteiger partial charge is 0.417 e. The Hall–Kier alpha value is -4.40. The molecule has 2 amide bonds. The molecule has 2 aromatic carbocycles. The van der Waals surface area contributed by atoms with Crippen molar-refractivity contribution < 1.29 is 37.1 Å². The number of guanidine groups is 1. The lowest BCUT2D eigenvalue weighted by Crippen LogP contribution is -2.41. The third kappa shape index (κ3) is 6.77. The van der Waals surface area contributed by atoms with Crippen molar-refractivity contribution >= 4 is 51.9 Å². The summed E-state index contributed by atoms with van der Waals surface area (Å²) in [5.41, 5.74) is -0.417. The number of aromatic amines is 1. The number of carboxylic acid groups (broad SMARTS) is 1. The first-order valence-electron chi connectivity index (χ1n) is 11.7. The van der Waals surface area contributed by atoms with E-state index in [9.17, 15) is 37.1 Å². The van der Waals surface area contributed by atoms with Gasteiger partial charge in [0, 0.05) is 10.9 Å². The molecule has 4 rings (SSSR count). The van der Waals surface area contributed by atoms with Crippen molar-refractivity contribution in [3.63, 3.8) is 0 Å². The Kier molecular flexibility index (Phi) is 8.42. The minimum atomic E-state index is -4.79. The first-order valence-corrected chi connectivity index (χ1v) is 12.1. The molecule has 2 atom stereocenters. The molecule has 1 aromatic heterocycles. The number of carbonyl (C=O) groups excluding carboxylic acids is 2. The lowest BCUT2D eigenvalue weighted by molar-refractivity contribution is -0.138. The maximum atomic E-state index is 13.4. The molecule has 2 unspecified atom stereocenters. The largest absolute Gasteiger partial charge is 0.481 e. The van der Waals surface area contributed by atoms with Crippen LogP contribution in [0.3, 0.4) is 0 Å². The number of amides is 2. The number of hydrogen-bond donors (Lipinski definition) is 6. The van der Waals surface area contributed by atoms with Crippen LogP contribution in [0.5, 0.6) is 0 Å². The van der Waals surface area contributed by atoms with Crippen LogP contribution in [0.15, 0.2) is 41.5 Å². The lowest BCUT2D eigenvalue weighted by atomic mass is 10.0. The van der Waals surface area contributed by atoms with Gasteiger partial charge in [0.25, 0.3) is 5.91 Å². The van der Waals surface area contributed by atoms with Gasteiger partial charge < -0.3 is 26.4 Å². The molecular weight excluding hydrogens is 562 g/mol. The van der Waals surface area contributed by atoms with E-state index in [4.69, 9.17) is 11.6 Å². The highest BCUT2D eigenvalue weighted by molar-refractivity contribution is 6.32. The number of alkyl halides is 4. The summed E-state index contributed by atoms with van der Waals surface area (Å²) in [6.45, 7) is -0.598. The van der Waals surface area contributed by atoms with Crippen LogP contribution in [0, 0.1) is 0 Å². The highest BCUT2D eigenvalue weighted by Crippen LogP contribution is 2.38. The van der Waals surface area contributed by atoms with E-state index < -0.39 is 59.7 Å². The second-order valence-electron chi connectivity index (χ2n) is 8.75. The number of aliphatic carboxylic acids is 1. The van der Waals surface area contributed by atoms with Gasteiger partial charge in [0.2, 0.25) is 5.91 Å². The minimum absolute atomic E-state index is 0.0340. The molecular formula is C24H22ClF4N7O4. The van der Waals surface area contributed by atoms with Crippen LogP contribution in [-0.2, 0) is 15.8 Å². The summed E-state index contributed by atoms with van der Waals surface area (Å²) >= 11 is 5.91. The zero-order valence-electron chi connectivity index (χ0n) is 20.4. The van der Waals surface area contributed by atoms with Crippen LogP contribution in [0.2, 0.25) is 5.02 Å². The van der Waals surface area contributed by atoms with Gasteiger partial charge in [0.15, 0.2) is 5.96 Å². The van der Waals surface area contributed by atoms with Gasteiger partial charge in [-0.3, -0.25) is 19.5 Å². The van der Waals surface area contributed by atoms with Crippen molar-refractivity contribution in [2.45, 2.75) is 24.8 Å². The number of aromatic nitrogens is 2. The molecule has 212 valence electrons. The van der Waals surface area contributed by atoms with E-state index in [2.05, 4.69) is 36.5 Å². The highest BCUT2D eigenvalue weighted by atomic mass is 35.5. The van der Waals surface area contributed by atoms with Gasteiger partial charge in [-0.2, -0.15) is 18.3 Å². The Bertz CT molecular complexity index is 1480. The van der Waals surface area contributed by atoms with Crippen molar-refractivity contribution in [2.75, 3.05) is 25.0 Å². The van der Waals surface area contributed by atoms with Gasteiger partial charge in [-0.25, -0.2) is 9.38 Å². The summed E-state index contributed by atoms with van der Waals surface area (Å²) in [4.78, 5) is 40.9. The monoisotopic (exact) mass is 583 g/mol. The van der Waals surface area contributed by atoms with E-state index >= 15 is 0 Å². The molecule has 1 aliphatic heterocycles. The average molecular weight is 584 g/mol. The minimum Gasteiger partial charge on any atom is -0.481 e. The molecule has 40 heavy (non-hydrogen) atoms. The third-order valence-electron chi connectivity index (χ3n) is 5.85. The number of carboxylic acids is 1. The average Bonchev–Trinajstić information content (AvgIpc) is 3.36. The van der Waals surface area contributed by atoms with Crippen LogP contribution >= 0.6 is 11.6 Å². The van der Waals surface area contributed by atoms with E-state index in [-0.39, 0.29) is 24.2 Å². The Balaban J connectivity index is 1.47. The number of fused-ring (bicyclic) bond motifs is 1. The maximum Gasteiger partial charge on any atom is 0.417 e. The number of carbonyl (C=O) groups is 3. The van der Waals surface area contributed by atoms with Gasteiger partial charge in [0.05, 0.1) is 60.1 Å². The summed E-state index contributed by atoms with van der Waals surface area (Å²) in [6.07, 6.45) is -5.16. The summed E-state index contributed by atoms with van der Waals surface area (Å²) < 4.78 is 53.2. The number of rotatable bonds is 8. The summed E-state index contributed by atoms with van der Waals surface area (Å²) in [5.74, 6) is -2.65. The van der Waals surface area contributed by atoms with E-state index in [1.165, 1.54) is 24.4 Å².